The number of aliphatic imine (C=N–C) groups is 1. The lowest BCUT2D eigenvalue weighted by atomic mass is 10.00. The minimum Gasteiger partial charge on any atom is -0.484 e. The Balaban J connectivity index is 1.98. The maximum atomic E-state index is 9.92. The molecule has 1 aromatic carbocycles. The summed E-state index contributed by atoms with van der Waals surface area (Å²) in [5.74, 6) is 1.09. The SMILES string of the molecule is COC(C)=NCc1ccc(OC2OC(C)C(O)C(O)C2O)cc1. The molecule has 7 nitrogen and oxygen atoms in total. The number of rotatable bonds is 4. The van der Waals surface area contributed by atoms with Gasteiger partial charge in [-0.3, -0.25) is 4.99 Å². The fraction of sp³-hybridized carbons (Fsp3) is 0.562. The van der Waals surface area contributed by atoms with Crippen molar-refractivity contribution < 1.29 is 29.5 Å². The molecule has 0 bridgehead atoms. The van der Waals surface area contributed by atoms with Crippen LogP contribution >= 0.6 is 0 Å². The van der Waals surface area contributed by atoms with Crippen LogP contribution in [0.1, 0.15) is 19.4 Å². The highest BCUT2D eigenvalue weighted by Gasteiger charge is 2.43. The maximum absolute atomic E-state index is 9.92. The largest absolute Gasteiger partial charge is 0.484 e. The number of hydrogen-bond acceptors (Lipinski definition) is 7. The van der Waals surface area contributed by atoms with E-state index in [1.165, 1.54) is 0 Å². The third kappa shape index (κ3) is 4.42. The molecule has 0 aliphatic carbocycles. The van der Waals surface area contributed by atoms with Gasteiger partial charge in [0.05, 0.1) is 19.8 Å². The van der Waals surface area contributed by atoms with Crippen molar-refractivity contribution in [3.63, 3.8) is 0 Å². The lowest BCUT2D eigenvalue weighted by molar-refractivity contribution is -0.268. The van der Waals surface area contributed by atoms with Gasteiger partial charge in [0.15, 0.2) is 5.90 Å². The molecule has 1 fully saturated rings. The molecule has 2 rings (SSSR count). The van der Waals surface area contributed by atoms with E-state index in [-0.39, 0.29) is 0 Å². The second-order valence-corrected chi connectivity index (χ2v) is 5.48. The summed E-state index contributed by atoms with van der Waals surface area (Å²) in [4.78, 5) is 4.23. The number of methoxy groups -OCH3 is 1. The Labute approximate surface area is 135 Å². The Kier molecular flexibility index (Phi) is 5.95. The maximum Gasteiger partial charge on any atom is 0.229 e. The van der Waals surface area contributed by atoms with Gasteiger partial charge >= 0.3 is 0 Å². The summed E-state index contributed by atoms with van der Waals surface area (Å²) in [7, 11) is 1.57. The highest BCUT2D eigenvalue weighted by atomic mass is 16.7. The molecule has 23 heavy (non-hydrogen) atoms. The topological polar surface area (TPSA) is 101 Å². The normalized spacial score (nSPS) is 31.7. The van der Waals surface area contributed by atoms with Crippen LogP contribution in [0.3, 0.4) is 0 Å². The van der Waals surface area contributed by atoms with Crippen LogP contribution in [-0.2, 0) is 16.0 Å². The first-order valence-electron chi connectivity index (χ1n) is 7.42. The molecular formula is C16H23NO6. The van der Waals surface area contributed by atoms with Crippen molar-refractivity contribution in [3.05, 3.63) is 29.8 Å². The fourth-order valence-corrected chi connectivity index (χ4v) is 2.19. The zero-order chi connectivity index (χ0) is 17.0. The Hall–Kier alpha value is -1.67. The van der Waals surface area contributed by atoms with E-state index in [0.717, 1.165) is 5.56 Å². The Morgan fingerprint density at radius 3 is 2.39 bits per heavy atom. The van der Waals surface area contributed by atoms with Gasteiger partial charge in [0.25, 0.3) is 0 Å². The average Bonchev–Trinajstić information content (AvgIpc) is 2.56. The second-order valence-electron chi connectivity index (χ2n) is 5.48. The molecular weight excluding hydrogens is 302 g/mol. The molecule has 1 aromatic rings. The van der Waals surface area contributed by atoms with Gasteiger partial charge in [-0.1, -0.05) is 12.1 Å². The van der Waals surface area contributed by atoms with E-state index in [1.807, 2.05) is 12.1 Å². The average molecular weight is 325 g/mol. The number of ether oxygens (including phenoxy) is 3. The van der Waals surface area contributed by atoms with Crippen molar-refractivity contribution in [2.45, 2.75) is 51.1 Å². The van der Waals surface area contributed by atoms with Gasteiger partial charge in [-0.2, -0.15) is 0 Å². The van der Waals surface area contributed by atoms with Crippen LogP contribution in [0.2, 0.25) is 0 Å². The van der Waals surface area contributed by atoms with E-state index >= 15 is 0 Å². The van der Waals surface area contributed by atoms with Crippen LogP contribution in [-0.4, -0.2) is 59.0 Å². The number of hydrogen-bond donors (Lipinski definition) is 3. The molecule has 128 valence electrons. The van der Waals surface area contributed by atoms with E-state index in [2.05, 4.69) is 4.99 Å². The Bertz CT molecular complexity index is 532. The number of aliphatic hydroxyl groups is 3. The van der Waals surface area contributed by atoms with Crippen molar-refractivity contribution in [2.75, 3.05) is 7.11 Å². The summed E-state index contributed by atoms with van der Waals surface area (Å²) in [6.07, 6.45) is -5.45. The fourth-order valence-electron chi connectivity index (χ4n) is 2.19. The molecule has 1 aliphatic rings. The quantitative estimate of drug-likeness (QED) is 0.549. The van der Waals surface area contributed by atoms with Crippen LogP contribution < -0.4 is 4.74 Å². The molecule has 5 atom stereocenters. The minimum absolute atomic E-state index is 0.487. The number of aliphatic hydroxyl groups excluding tert-OH is 3. The molecule has 7 heteroatoms. The minimum atomic E-state index is -1.32. The molecule has 5 unspecified atom stereocenters. The Morgan fingerprint density at radius 2 is 1.78 bits per heavy atom. The molecule has 0 saturated carbocycles. The van der Waals surface area contributed by atoms with Gasteiger partial charge in [0.2, 0.25) is 6.29 Å². The summed E-state index contributed by atoms with van der Waals surface area (Å²) >= 11 is 0. The summed E-state index contributed by atoms with van der Waals surface area (Å²) < 4.78 is 15.9. The van der Waals surface area contributed by atoms with Gasteiger partial charge in [-0.15, -0.1) is 0 Å². The van der Waals surface area contributed by atoms with E-state index < -0.39 is 30.7 Å². The van der Waals surface area contributed by atoms with E-state index in [0.29, 0.717) is 18.2 Å². The predicted molar refractivity (Wildman–Crippen MR) is 83.2 cm³/mol. The highest BCUT2D eigenvalue weighted by Crippen LogP contribution is 2.24. The third-order valence-corrected chi connectivity index (χ3v) is 3.76. The molecule has 0 aromatic heterocycles. The van der Waals surface area contributed by atoms with Crippen LogP contribution in [0.25, 0.3) is 0 Å². The van der Waals surface area contributed by atoms with Gasteiger partial charge in [0.1, 0.15) is 24.1 Å². The zero-order valence-electron chi connectivity index (χ0n) is 13.4. The summed E-state index contributed by atoms with van der Waals surface area (Å²) in [5, 5.41) is 29.3. The lowest BCUT2D eigenvalue weighted by Gasteiger charge is -2.38. The third-order valence-electron chi connectivity index (χ3n) is 3.76. The van der Waals surface area contributed by atoms with Crippen molar-refractivity contribution >= 4 is 5.90 Å². The molecule has 0 spiro atoms. The first-order chi connectivity index (χ1) is 10.9. The van der Waals surface area contributed by atoms with E-state index in [9.17, 15) is 15.3 Å². The summed E-state index contributed by atoms with van der Waals surface area (Å²) in [6, 6.07) is 7.13. The summed E-state index contributed by atoms with van der Waals surface area (Å²) in [5.41, 5.74) is 0.975. The van der Waals surface area contributed by atoms with Crippen LogP contribution in [0.15, 0.2) is 29.3 Å². The van der Waals surface area contributed by atoms with Crippen molar-refractivity contribution in [3.8, 4) is 5.75 Å². The van der Waals surface area contributed by atoms with Gasteiger partial charge < -0.3 is 29.5 Å². The van der Waals surface area contributed by atoms with Gasteiger partial charge in [-0.05, 0) is 24.6 Å². The van der Waals surface area contributed by atoms with E-state index in [4.69, 9.17) is 14.2 Å². The molecule has 0 radical (unpaired) electrons. The smallest absolute Gasteiger partial charge is 0.229 e. The first-order valence-corrected chi connectivity index (χ1v) is 7.42. The van der Waals surface area contributed by atoms with Gasteiger partial charge in [-0.25, -0.2) is 0 Å². The first kappa shape index (κ1) is 17.7. The highest BCUT2D eigenvalue weighted by molar-refractivity contribution is 5.72. The molecule has 1 saturated heterocycles. The molecule has 1 aliphatic heterocycles. The van der Waals surface area contributed by atoms with Crippen LogP contribution in [0.5, 0.6) is 5.75 Å². The van der Waals surface area contributed by atoms with E-state index in [1.54, 1.807) is 33.1 Å². The molecule has 1 heterocycles. The van der Waals surface area contributed by atoms with Gasteiger partial charge in [0, 0.05) is 6.92 Å². The number of benzene rings is 1. The molecule has 0 amide bonds. The Morgan fingerprint density at radius 1 is 1.13 bits per heavy atom. The van der Waals surface area contributed by atoms with Crippen LogP contribution in [0, 0.1) is 0 Å². The van der Waals surface area contributed by atoms with Crippen molar-refractivity contribution in [2.24, 2.45) is 4.99 Å². The predicted octanol–water partition coefficient (Wildman–Crippen LogP) is 0.458. The number of nitrogens with zero attached hydrogens (tertiary/aromatic N) is 1. The van der Waals surface area contributed by atoms with Crippen molar-refractivity contribution in [1.82, 2.24) is 0 Å². The lowest BCUT2D eigenvalue weighted by Crippen LogP contribution is -2.58. The second kappa shape index (κ2) is 7.74. The standard InChI is InChI=1S/C16H23NO6/c1-9-13(18)14(19)15(20)16(22-9)23-12-6-4-11(5-7-12)8-17-10(2)21-3/h4-7,9,13-16,18-20H,8H2,1-3H3. The van der Waals surface area contributed by atoms with Crippen molar-refractivity contribution in [1.29, 1.82) is 0 Å². The molecule has 3 N–H and O–H groups in total. The van der Waals surface area contributed by atoms with Crippen LogP contribution in [0.4, 0.5) is 0 Å². The zero-order valence-corrected chi connectivity index (χ0v) is 13.4. The monoisotopic (exact) mass is 325 g/mol. The summed E-state index contributed by atoms with van der Waals surface area (Å²) in [6.45, 7) is 3.87.